The van der Waals surface area contributed by atoms with Gasteiger partial charge in [0.15, 0.2) is 11.5 Å². The van der Waals surface area contributed by atoms with Crippen molar-refractivity contribution >= 4 is 17.2 Å². The van der Waals surface area contributed by atoms with E-state index in [9.17, 15) is 9.90 Å². The molecule has 128 valence electrons. The second-order valence-electron chi connectivity index (χ2n) is 5.90. The fourth-order valence-corrected chi connectivity index (χ4v) is 3.80. The number of methoxy groups -OCH3 is 2. The molecule has 1 aromatic carbocycles. The minimum Gasteiger partial charge on any atom is -0.493 e. The number of thiophene rings is 1. The van der Waals surface area contributed by atoms with Gasteiger partial charge in [-0.15, -0.1) is 11.3 Å². The van der Waals surface area contributed by atoms with E-state index in [1.807, 2.05) is 17.5 Å². The van der Waals surface area contributed by atoms with Gasteiger partial charge in [0.2, 0.25) is 0 Å². The number of hydrogen-bond donors (Lipinski definition) is 2. The van der Waals surface area contributed by atoms with E-state index in [0.717, 1.165) is 17.7 Å². The lowest BCUT2D eigenvalue weighted by Gasteiger charge is -2.27. The molecule has 2 aromatic rings. The zero-order chi connectivity index (χ0) is 17.2. The summed E-state index contributed by atoms with van der Waals surface area (Å²) in [4.78, 5) is 13.5. The summed E-state index contributed by atoms with van der Waals surface area (Å²) >= 11 is 1.51. The molecular formula is C18H21NO4S. The second kappa shape index (κ2) is 6.83. The molecule has 1 aromatic heterocycles. The molecule has 1 saturated carbocycles. The van der Waals surface area contributed by atoms with Crippen LogP contribution in [0.15, 0.2) is 35.7 Å². The van der Waals surface area contributed by atoms with E-state index in [0.29, 0.717) is 17.1 Å². The van der Waals surface area contributed by atoms with Gasteiger partial charge in [0.1, 0.15) is 5.60 Å². The maximum absolute atomic E-state index is 12.6. The van der Waals surface area contributed by atoms with Crippen molar-refractivity contribution in [3.8, 4) is 11.5 Å². The van der Waals surface area contributed by atoms with E-state index in [2.05, 4.69) is 5.32 Å². The summed E-state index contributed by atoms with van der Waals surface area (Å²) in [6.07, 6.45) is 1.96. The molecule has 3 rings (SSSR count). The lowest BCUT2D eigenvalue weighted by molar-refractivity contribution is 0.0169. The Hall–Kier alpha value is -2.05. The molecule has 6 heteroatoms. The molecule has 0 bridgehead atoms. The van der Waals surface area contributed by atoms with E-state index in [-0.39, 0.29) is 18.4 Å². The smallest absolute Gasteiger partial charge is 0.255 e. The zero-order valence-corrected chi connectivity index (χ0v) is 14.6. The molecule has 24 heavy (non-hydrogen) atoms. The number of nitrogens with one attached hydrogen (secondary N) is 1. The van der Waals surface area contributed by atoms with Crippen LogP contribution >= 0.6 is 11.3 Å². The lowest BCUT2D eigenvalue weighted by Crippen LogP contribution is -2.42. The van der Waals surface area contributed by atoms with E-state index in [4.69, 9.17) is 9.47 Å². The van der Waals surface area contributed by atoms with Crippen molar-refractivity contribution in [1.82, 2.24) is 5.32 Å². The lowest BCUT2D eigenvalue weighted by atomic mass is 9.95. The zero-order valence-electron chi connectivity index (χ0n) is 13.7. The van der Waals surface area contributed by atoms with Gasteiger partial charge in [-0.2, -0.15) is 0 Å². The average molecular weight is 347 g/mol. The maximum atomic E-state index is 12.6. The van der Waals surface area contributed by atoms with Crippen molar-refractivity contribution in [3.05, 3.63) is 46.2 Å². The molecule has 0 spiro atoms. The molecule has 1 aliphatic carbocycles. The van der Waals surface area contributed by atoms with Crippen LogP contribution in [0.5, 0.6) is 11.5 Å². The number of ether oxygens (including phenoxy) is 2. The molecule has 0 aliphatic heterocycles. The Kier molecular flexibility index (Phi) is 4.78. The van der Waals surface area contributed by atoms with Gasteiger partial charge >= 0.3 is 0 Å². The number of benzene rings is 1. The summed E-state index contributed by atoms with van der Waals surface area (Å²) in [5.74, 6) is 0.800. The molecule has 5 nitrogen and oxygen atoms in total. The number of carbonyl (C=O) groups excluding carboxylic acids is 1. The Labute approximate surface area is 145 Å². The minimum atomic E-state index is -1.00. The first kappa shape index (κ1) is 16.8. The highest BCUT2D eigenvalue weighted by atomic mass is 32.1. The number of hydrogen-bond acceptors (Lipinski definition) is 5. The first-order valence-electron chi connectivity index (χ1n) is 7.85. The maximum Gasteiger partial charge on any atom is 0.255 e. The van der Waals surface area contributed by atoms with E-state index in [1.54, 1.807) is 18.2 Å². The Balaban J connectivity index is 1.78. The third kappa shape index (κ3) is 3.12. The summed E-state index contributed by atoms with van der Waals surface area (Å²) in [7, 11) is 3.03. The van der Waals surface area contributed by atoms with Gasteiger partial charge in [-0.1, -0.05) is 12.1 Å². The molecule has 1 amide bonds. The fraction of sp³-hybridized carbons (Fsp3) is 0.389. The first-order valence-corrected chi connectivity index (χ1v) is 8.73. The van der Waals surface area contributed by atoms with Crippen LogP contribution in [0.25, 0.3) is 0 Å². The van der Waals surface area contributed by atoms with Crippen molar-refractivity contribution < 1.29 is 19.4 Å². The van der Waals surface area contributed by atoms with Crippen LogP contribution < -0.4 is 14.8 Å². The van der Waals surface area contributed by atoms with Crippen molar-refractivity contribution in [3.63, 3.8) is 0 Å². The highest BCUT2D eigenvalue weighted by molar-refractivity contribution is 7.10. The summed E-state index contributed by atoms with van der Waals surface area (Å²) < 4.78 is 10.5. The van der Waals surface area contributed by atoms with Crippen LogP contribution in [-0.2, 0) is 5.60 Å². The quantitative estimate of drug-likeness (QED) is 0.808. The SMILES string of the molecule is COc1cccc(C(=O)NC[C@@](O)(c2cccs2)C2CC2)c1OC. The van der Waals surface area contributed by atoms with Gasteiger partial charge in [0.05, 0.1) is 26.3 Å². The van der Waals surface area contributed by atoms with Gasteiger partial charge in [-0.3, -0.25) is 4.79 Å². The standard InChI is InChI=1S/C18H21NO4S/c1-22-14-6-3-5-13(16(14)23-2)17(20)19-11-18(21,12-8-9-12)15-7-4-10-24-15/h3-7,10,12,21H,8-9,11H2,1-2H3,(H,19,20)/t18-/m0/s1. The van der Waals surface area contributed by atoms with Crippen LogP contribution in [0, 0.1) is 5.92 Å². The molecule has 1 heterocycles. The Morgan fingerprint density at radius 3 is 2.67 bits per heavy atom. The Morgan fingerprint density at radius 2 is 2.08 bits per heavy atom. The molecule has 1 aliphatic rings. The third-order valence-corrected chi connectivity index (χ3v) is 5.40. The van der Waals surface area contributed by atoms with Crippen molar-refractivity contribution in [2.75, 3.05) is 20.8 Å². The number of rotatable bonds is 7. The molecule has 2 N–H and O–H groups in total. The molecule has 1 fully saturated rings. The normalized spacial score (nSPS) is 16.3. The summed E-state index contributed by atoms with van der Waals surface area (Å²) in [6, 6.07) is 8.99. The van der Waals surface area contributed by atoms with Gasteiger partial charge in [0.25, 0.3) is 5.91 Å². The summed E-state index contributed by atoms with van der Waals surface area (Å²) in [6.45, 7) is 0.178. The molecule has 0 unspecified atom stereocenters. The monoisotopic (exact) mass is 347 g/mol. The van der Waals surface area contributed by atoms with Crippen molar-refractivity contribution in [2.45, 2.75) is 18.4 Å². The van der Waals surface area contributed by atoms with Crippen LogP contribution in [-0.4, -0.2) is 31.8 Å². The Bertz CT molecular complexity index is 712. The predicted molar refractivity (Wildman–Crippen MR) is 92.8 cm³/mol. The summed E-state index contributed by atoms with van der Waals surface area (Å²) in [5.41, 5.74) is -0.614. The van der Waals surface area contributed by atoms with Crippen molar-refractivity contribution in [2.24, 2.45) is 5.92 Å². The first-order chi connectivity index (χ1) is 11.6. The van der Waals surface area contributed by atoms with Crippen LogP contribution in [0.1, 0.15) is 28.1 Å². The van der Waals surface area contributed by atoms with Crippen LogP contribution in [0.3, 0.4) is 0 Å². The third-order valence-electron chi connectivity index (χ3n) is 4.37. The van der Waals surface area contributed by atoms with E-state index in [1.165, 1.54) is 25.6 Å². The Morgan fingerprint density at radius 1 is 1.29 bits per heavy atom. The van der Waals surface area contributed by atoms with Gasteiger partial charge in [0, 0.05) is 4.88 Å². The number of amides is 1. The molecule has 0 radical (unpaired) electrons. The van der Waals surface area contributed by atoms with Gasteiger partial charge in [-0.05, 0) is 42.3 Å². The highest BCUT2D eigenvalue weighted by Gasteiger charge is 2.46. The highest BCUT2D eigenvalue weighted by Crippen LogP contribution is 2.46. The number of aliphatic hydroxyl groups is 1. The van der Waals surface area contributed by atoms with E-state index < -0.39 is 5.60 Å². The van der Waals surface area contributed by atoms with E-state index >= 15 is 0 Å². The molecule has 1 atom stereocenters. The van der Waals surface area contributed by atoms with Gasteiger partial charge < -0.3 is 19.9 Å². The van der Waals surface area contributed by atoms with Gasteiger partial charge in [-0.25, -0.2) is 0 Å². The summed E-state index contributed by atoms with van der Waals surface area (Å²) in [5, 5.41) is 15.9. The largest absolute Gasteiger partial charge is 0.493 e. The fourth-order valence-electron chi connectivity index (χ4n) is 2.89. The van der Waals surface area contributed by atoms with Crippen molar-refractivity contribution in [1.29, 1.82) is 0 Å². The minimum absolute atomic E-state index is 0.178. The number of carbonyl (C=O) groups is 1. The average Bonchev–Trinajstić information content (AvgIpc) is 3.33. The van der Waals surface area contributed by atoms with Crippen LogP contribution in [0.4, 0.5) is 0 Å². The number of para-hydroxylation sites is 1. The molecular weight excluding hydrogens is 326 g/mol. The topological polar surface area (TPSA) is 67.8 Å². The predicted octanol–water partition coefficient (Wildman–Crippen LogP) is 2.79. The second-order valence-corrected chi connectivity index (χ2v) is 6.85. The molecule has 0 saturated heterocycles. The van der Waals surface area contributed by atoms with Crippen LogP contribution in [0.2, 0.25) is 0 Å².